The second-order valence-electron chi connectivity index (χ2n) is 6.23. The minimum absolute atomic E-state index is 0.120. The van der Waals surface area contributed by atoms with Gasteiger partial charge >= 0.3 is 6.03 Å². The van der Waals surface area contributed by atoms with E-state index >= 15 is 0 Å². The van der Waals surface area contributed by atoms with E-state index in [0.717, 1.165) is 50.5 Å². The number of carbonyl (C=O) groups excluding carboxylic acids is 1. The van der Waals surface area contributed by atoms with Gasteiger partial charge in [0.25, 0.3) is 0 Å². The SMILES string of the molecule is CC(C)CCCNC(=O)NCc1cccnc1N1CCOCC1. The third-order valence-electron chi connectivity index (χ3n) is 3.86. The van der Waals surface area contributed by atoms with Crippen LogP contribution in [0.2, 0.25) is 0 Å². The van der Waals surface area contributed by atoms with Crippen LogP contribution < -0.4 is 15.5 Å². The highest BCUT2D eigenvalue weighted by Crippen LogP contribution is 2.18. The Morgan fingerprint density at radius 3 is 2.87 bits per heavy atom. The quantitative estimate of drug-likeness (QED) is 0.756. The van der Waals surface area contributed by atoms with Crippen molar-refractivity contribution < 1.29 is 9.53 Å². The summed E-state index contributed by atoms with van der Waals surface area (Å²) < 4.78 is 5.38. The van der Waals surface area contributed by atoms with Crippen LogP contribution in [-0.4, -0.2) is 43.9 Å². The van der Waals surface area contributed by atoms with E-state index in [-0.39, 0.29) is 6.03 Å². The number of aromatic nitrogens is 1. The van der Waals surface area contributed by atoms with Gasteiger partial charge in [0.05, 0.1) is 13.2 Å². The normalized spacial score (nSPS) is 14.8. The number of ether oxygens (including phenoxy) is 1. The van der Waals surface area contributed by atoms with E-state index in [1.807, 2.05) is 12.1 Å². The van der Waals surface area contributed by atoms with E-state index in [0.29, 0.717) is 19.0 Å². The van der Waals surface area contributed by atoms with Crippen molar-refractivity contribution in [3.05, 3.63) is 23.9 Å². The van der Waals surface area contributed by atoms with Gasteiger partial charge in [-0.3, -0.25) is 0 Å². The number of morpholine rings is 1. The van der Waals surface area contributed by atoms with E-state index in [2.05, 4.69) is 34.4 Å². The molecule has 0 radical (unpaired) electrons. The average Bonchev–Trinajstić information content (AvgIpc) is 2.58. The van der Waals surface area contributed by atoms with Crippen molar-refractivity contribution in [3.8, 4) is 0 Å². The maximum atomic E-state index is 11.9. The van der Waals surface area contributed by atoms with E-state index in [1.54, 1.807) is 6.20 Å². The van der Waals surface area contributed by atoms with Crippen molar-refractivity contribution >= 4 is 11.8 Å². The molecular weight excluding hydrogens is 292 g/mol. The number of anilines is 1. The van der Waals surface area contributed by atoms with Crippen LogP contribution in [0.5, 0.6) is 0 Å². The van der Waals surface area contributed by atoms with Gasteiger partial charge in [0.1, 0.15) is 5.82 Å². The number of pyridine rings is 1. The topological polar surface area (TPSA) is 66.5 Å². The molecule has 23 heavy (non-hydrogen) atoms. The number of urea groups is 1. The number of nitrogens with one attached hydrogen (secondary N) is 2. The third-order valence-corrected chi connectivity index (χ3v) is 3.86. The fourth-order valence-electron chi connectivity index (χ4n) is 2.58. The number of hydrogen-bond acceptors (Lipinski definition) is 4. The molecule has 6 heteroatoms. The van der Waals surface area contributed by atoms with Crippen molar-refractivity contribution in [1.82, 2.24) is 15.6 Å². The molecule has 128 valence electrons. The van der Waals surface area contributed by atoms with E-state index in [4.69, 9.17) is 4.74 Å². The molecule has 1 aliphatic heterocycles. The fraction of sp³-hybridized carbons (Fsp3) is 0.647. The fourth-order valence-corrected chi connectivity index (χ4v) is 2.58. The lowest BCUT2D eigenvalue weighted by Gasteiger charge is -2.29. The van der Waals surface area contributed by atoms with E-state index in [9.17, 15) is 4.79 Å². The molecule has 1 aromatic heterocycles. The second-order valence-corrected chi connectivity index (χ2v) is 6.23. The van der Waals surface area contributed by atoms with E-state index in [1.165, 1.54) is 0 Å². The molecule has 0 atom stereocenters. The monoisotopic (exact) mass is 320 g/mol. The Morgan fingerprint density at radius 1 is 1.35 bits per heavy atom. The van der Waals surface area contributed by atoms with Crippen LogP contribution in [0.15, 0.2) is 18.3 Å². The minimum Gasteiger partial charge on any atom is -0.378 e. The number of nitrogens with zero attached hydrogens (tertiary/aromatic N) is 2. The van der Waals surface area contributed by atoms with Crippen LogP contribution in [0.3, 0.4) is 0 Å². The number of carbonyl (C=O) groups is 1. The summed E-state index contributed by atoms with van der Waals surface area (Å²) in [6.07, 6.45) is 3.93. The first kappa shape index (κ1) is 17.5. The maximum Gasteiger partial charge on any atom is 0.315 e. The van der Waals surface area contributed by atoms with Gasteiger partial charge in [0.2, 0.25) is 0 Å². The minimum atomic E-state index is -0.120. The Hall–Kier alpha value is -1.82. The first-order valence-corrected chi connectivity index (χ1v) is 8.45. The predicted molar refractivity (Wildman–Crippen MR) is 91.6 cm³/mol. The molecule has 0 bridgehead atoms. The van der Waals surface area contributed by atoms with Gasteiger partial charge in [0.15, 0.2) is 0 Å². The molecule has 2 heterocycles. The molecule has 1 aliphatic rings. The van der Waals surface area contributed by atoms with Gasteiger partial charge in [0, 0.05) is 37.9 Å². The second kappa shape index (κ2) is 9.35. The van der Waals surface area contributed by atoms with E-state index < -0.39 is 0 Å². The lowest BCUT2D eigenvalue weighted by atomic mass is 10.1. The number of hydrogen-bond donors (Lipinski definition) is 2. The zero-order valence-corrected chi connectivity index (χ0v) is 14.2. The van der Waals surface area contributed by atoms with Crippen LogP contribution >= 0.6 is 0 Å². The molecule has 1 saturated heterocycles. The summed E-state index contributed by atoms with van der Waals surface area (Å²) in [4.78, 5) is 18.6. The predicted octanol–water partition coefficient (Wildman–Crippen LogP) is 2.15. The van der Waals surface area contributed by atoms with Crippen LogP contribution in [0.25, 0.3) is 0 Å². The van der Waals surface area contributed by atoms with Crippen molar-refractivity contribution in [3.63, 3.8) is 0 Å². The molecule has 0 aliphatic carbocycles. The van der Waals surface area contributed by atoms with Gasteiger partial charge < -0.3 is 20.3 Å². The van der Waals surface area contributed by atoms with Gasteiger partial charge in [-0.1, -0.05) is 19.9 Å². The van der Waals surface area contributed by atoms with Gasteiger partial charge in [-0.25, -0.2) is 9.78 Å². The summed E-state index contributed by atoms with van der Waals surface area (Å²) in [5.41, 5.74) is 1.03. The molecule has 0 spiro atoms. The smallest absolute Gasteiger partial charge is 0.315 e. The highest BCUT2D eigenvalue weighted by molar-refractivity contribution is 5.74. The molecule has 0 saturated carbocycles. The summed E-state index contributed by atoms with van der Waals surface area (Å²) in [7, 11) is 0. The van der Waals surface area contributed by atoms with Crippen LogP contribution in [0.1, 0.15) is 32.3 Å². The van der Waals surface area contributed by atoms with Gasteiger partial charge in [-0.05, 0) is 24.8 Å². The standard InChI is InChI=1S/C17H28N4O2/c1-14(2)5-3-8-19-17(22)20-13-15-6-4-7-18-16(15)21-9-11-23-12-10-21/h4,6-7,14H,3,5,8-13H2,1-2H3,(H2,19,20,22). The van der Waals surface area contributed by atoms with Crippen LogP contribution in [-0.2, 0) is 11.3 Å². The first-order chi connectivity index (χ1) is 11.2. The maximum absolute atomic E-state index is 11.9. The van der Waals surface area contributed by atoms with Crippen LogP contribution in [0, 0.1) is 5.92 Å². The van der Waals surface area contributed by atoms with Gasteiger partial charge in [-0.2, -0.15) is 0 Å². The highest BCUT2D eigenvalue weighted by atomic mass is 16.5. The molecule has 1 fully saturated rings. The van der Waals surface area contributed by atoms with Gasteiger partial charge in [-0.15, -0.1) is 0 Å². The molecule has 0 aromatic carbocycles. The Balaban J connectivity index is 1.79. The largest absolute Gasteiger partial charge is 0.378 e. The molecule has 6 nitrogen and oxygen atoms in total. The summed E-state index contributed by atoms with van der Waals surface area (Å²) in [5, 5.41) is 5.82. The molecule has 2 rings (SSSR count). The first-order valence-electron chi connectivity index (χ1n) is 8.45. The zero-order chi connectivity index (χ0) is 16.5. The lowest BCUT2D eigenvalue weighted by Crippen LogP contribution is -2.39. The molecule has 0 unspecified atom stereocenters. The van der Waals surface area contributed by atoms with Crippen molar-refractivity contribution in [1.29, 1.82) is 0 Å². The Bertz CT molecular complexity index is 487. The Labute approximate surface area is 138 Å². The average molecular weight is 320 g/mol. The summed E-state index contributed by atoms with van der Waals surface area (Å²) >= 11 is 0. The summed E-state index contributed by atoms with van der Waals surface area (Å²) in [6, 6.07) is 3.80. The zero-order valence-electron chi connectivity index (χ0n) is 14.2. The van der Waals surface area contributed by atoms with Crippen molar-refractivity contribution in [2.75, 3.05) is 37.7 Å². The molecular formula is C17H28N4O2. The molecule has 1 aromatic rings. The number of amides is 2. The third kappa shape index (κ3) is 6.06. The van der Waals surface area contributed by atoms with Crippen molar-refractivity contribution in [2.45, 2.75) is 33.2 Å². The lowest BCUT2D eigenvalue weighted by molar-refractivity contribution is 0.122. The summed E-state index contributed by atoms with van der Waals surface area (Å²) in [5.74, 6) is 1.61. The molecule has 2 N–H and O–H groups in total. The van der Waals surface area contributed by atoms with Crippen molar-refractivity contribution in [2.24, 2.45) is 5.92 Å². The summed E-state index contributed by atoms with van der Waals surface area (Å²) in [6.45, 7) is 8.70. The molecule has 2 amide bonds. The number of rotatable bonds is 7. The Morgan fingerprint density at radius 2 is 2.13 bits per heavy atom. The van der Waals surface area contributed by atoms with Crippen LogP contribution in [0.4, 0.5) is 10.6 Å². The highest BCUT2D eigenvalue weighted by Gasteiger charge is 2.16. The Kier molecular flexibility index (Phi) is 7.13.